The first-order valence-electron chi connectivity index (χ1n) is 5.21. The summed E-state index contributed by atoms with van der Waals surface area (Å²) in [5.41, 5.74) is 7.49. The van der Waals surface area contributed by atoms with Gasteiger partial charge in [0.1, 0.15) is 5.69 Å². The summed E-state index contributed by atoms with van der Waals surface area (Å²) in [5, 5.41) is 7.03. The molecule has 0 atom stereocenters. The van der Waals surface area contributed by atoms with E-state index in [0.717, 1.165) is 5.75 Å². The van der Waals surface area contributed by atoms with E-state index in [1.54, 1.807) is 23.4 Å². The Bertz CT molecular complexity index is 375. The van der Waals surface area contributed by atoms with Crippen LogP contribution in [0.25, 0.3) is 0 Å². The lowest BCUT2D eigenvalue weighted by molar-refractivity contribution is 0.0946. The van der Waals surface area contributed by atoms with E-state index >= 15 is 0 Å². The fourth-order valence-corrected chi connectivity index (χ4v) is 1.72. The number of nitrogens with zero attached hydrogens (tertiary/aromatic N) is 2. The number of hydrogen-bond acceptors (Lipinski definition) is 4. The van der Waals surface area contributed by atoms with E-state index in [9.17, 15) is 4.79 Å². The zero-order valence-electron chi connectivity index (χ0n) is 9.91. The number of carbonyl (C=O) groups excluding carboxylic acids is 1. The van der Waals surface area contributed by atoms with E-state index in [4.69, 9.17) is 5.73 Å². The fraction of sp³-hybridized carbons (Fsp3) is 0.600. The predicted molar refractivity (Wildman–Crippen MR) is 67.8 cm³/mol. The number of nitrogens with two attached hydrogens (primary N) is 1. The number of nitrogen functional groups attached to an aromatic ring is 1. The lowest BCUT2D eigenvalue weighted by Gasteiger charge is -2.06. The van der Waals surface area contributed by atoms with Gasteiger partial charge >= 0.3 is 0 Å². The molecular formula is C10H18N4OS. The third-order valence-corrected chi connectivity index (χ3v) is 2.89. The molecular weight excluding hydrogens is 224 g/mol. The van der Waals surface area contributed by atoms with Crippen LogP contribution in [0.2, 0.25) is 0 Å². The topological polar surface area (TPSA) is 72.9 Å². The Morgan fingerprint density at radius 1 is 1.62 bits per heavy atom. The number of anilines is 1. The van der Waals surface area contributed by atoms with Crippen molar-refractivity contribution in [2.75, 3.05) is 24.3 Å². The van der Waals surface area contributed by atoms with Crippen LogP contribution >= 0.6 is 11.8 Å². The van der Waals surface area contributed by atoms with Crippen LogP contribution in [0.5, 0.6) is 0 Å². The lowest BCUT2D eigenvalue weighted by atomic mass is 10.3. The van der Waals surface area contributed by atoms with Crippen molar-refractivity contribution in [1.82, 2.24) is 15.1 Å². The molecule has 0 fully saturated rings. The molecule has 0 unspecified atom stereocenters. The molecule has 6 heteroatoms. The highest BCUT2D eigenvalue weighted by Crippen LogP contribution is 2.15. The first-order valence-corrected chi connectivity index (χ1v) is 6.61. The van der Waals surface area contributed by atoms with Crippen LogP contribution < -0.4 is 11.1 Å². The van der Waals surface area contributed by atoms with E-state index < -0.39 is 0 Å². The minimum Gasteiger partial charge on any atom is -0.395 e. The van der Waals surface area contributed by atoms with E-state index in [1.165, 1.54) is 0 Å². The van der Waals surface area contributed by atoms with Crippen molar-refractivity contribution in [2.24, 2.45) is 0 Å². The summed E-state index contributed by atoms with van der Waals surface area (Å²) in [6.45, 7) is 5.03. The van der Waals surface area contributed by atoms with E-state index in [-0.39, 0.29) is 5.91 Å². The Morgan fingerprint density at radius 3 is 2.88 bits per heavy atom. The van der Waals surface area contributed by atoms with Crippen LogP contribution in [-0.4, -0.2) is 34.2 Å². The summed E-state index contributed by atoms with van der Waals surface area (Å²) in [7, 11) is 0. The first kappa shape index (κ1) is 12.9. The normalized spacial score (nSPS) is 10.4. The van der Waals surface area contributed by atoms with Crippen molar-refractivity contribution in [1.29, 1.82) is 0 Å². The molecule has 1 aromatic heterocycles. The summed E-state index contributed by atoms with van der Waals surface area (Å²) in [6.07, 6.45) is 2.00. The smallest absolute Gasteiger partial charge is 0.271 e. The van der Waals surface area contributed by atoms with Crippen LogP contribution in [0.3, 0.4) is 0 Å². The number of aromatic nitrogens is 2. The van der Waals surface area contributed by atoms with Crippen molar-refractivity contribution in [2.45, 2.75) is 20.4 Å². The van der Waals surface area contributed by atoms with Crippen LogP contribution in [-0.2, 0) is 6.54 Å². The zero-order chi connectivity index (χ0) is 12.1. The second-order valence-corrected chi connectivity index (χ2v) is 4.40. The molecule has 0 saturated heterocycles. The van der Waals surface area contributed by atoms with E-state index in [1.807, 2.05) is 13.2 Å². The van der Waals surface area contributed by atoms with Crippen LogP contribution in [0, 0.1) is 6.92 Å². The van der Waals surface area contributed by atoms with Crippen LogP contribution in [0.4, 0.5) is 5.69 Å². The van der Waals surface area contributed by atoms with Gasteiger partial charge in [-0.1, -0.05) is 0 Å². The lowest BCUT2D eigenvalue weighted by Crippen LogP contribution is -2.28. The number of aryl methyl sites for hydroxylation is 2. The summed E-state index contributed by atoms with van der Waals surface area (Å²) < 4.78 is 1.64. The summed E-state index contributed by atoms with van der Waals surface area (Å²) in [4.78, 5) is 11.9. The van der Waals surface area contributed by atoms with Gasteiger partial charge in [-0.3, -0.25) is 9.48 Å². The third-order valence-electron chi connectivity index (χ3n) is 2.28. The minimum absolute atomic E-state index is 0.144. The zero-order valence-corrected chi connectivity index (χ0v) is 10.7. The molecule has 90 valence electrons. The highest BCUT2D eigenvalue weighted by molar-refractivity contribution is 7.98. The number of hydrogen-bond donors (Lipinski definition) is 2. The Kier molecular flexibility index (Phi) is 4.67. The van der Waals surface area contributed by atoms with Crippen LogP contribution in [0.1, 0.15) is 23.1 Å². The maximum absolute atomic E-state index is 11.9. The number of thioether (sulfide) groups is 1. The average molecular weight is 242 g/mol. The summed E-state index contributed by atoms with van der Waals surface area (Å²) >= 11 is 1.69. The minimum atomic E-state index is -0.144. The summed E-state index contributed by atoms with van der Waals surface area (Å²) in [5.74, 6) is 0.749. The predicted octanol–water partition coefficient (Wildman–Crippen LogP) is 0.886. The number of amides is 1. The fourth-order valence-electron chi connectivity index (χ4n) is 1.41. The molecule has 1 amide bonds. The second kappa shape index (κ2) is 5.79. The maximum Gasteiger partial charge on any atom is 0.271 e. The SMILES string of the molecule is CCn1nc(C)c(N)c1C(=O)NCCSC. The second-order valence-electron chi connectivity index (χ2n) is 3.41. The molecule has 0 aliphatic carbocycles. The van der Waals surface area contributed by atoms with Gasteiger partial charge in [-0.15, -0.1) is 0 Å². The molecule has 1 heterocycles. The number of carbonyl (C=O) groups is 1. The van der Waals surface area contributed by atoms with Gasteiger partial charge in [0.2, 0.25) is 0 Å². The molecule has 0 aromatic carbocycles. The Morgan fingerprint density at radius 2 is 2.31 bits per heavy atom. The van der Waals surface area contributed by atoms with Crippen molar-refractivity contribution in [3.8, 4) is 0 Å². The molecule has 0 bridgehead atoms. The van der Waals surface area contributed by atoms with Crippen molar-refractivity contribution in [3.63, 3.8) is 0 Å². The van der Waals surface area contributed by atoms with Gasteiger partial charge in [-0.05, 0) is 20.1 Å². The Labute approximate surface area is 99.8 Å². The molecule has 0 saturated carbocycles. The molecule has 5 nitrogen and oxygen atoms in total. The summed E-state index contributed by atoms with van der Waals surface area (Å²) in [6, 6.07) is 0. The Hall–Kier alpha value is -1.17. The Balaban J connectivity index is 2.81. The van der Waals surface area contributed by atoms with Crippen molar-refractivity contribution in [3.05, 3.63) is 11.4 Å². The van der Waals surface area contributed by atoms with Gasteiger partial charge < -0.3 is 11.1 Å². The molecule has 0 aliphatic heterocycles. The van der Waals surface area contributed by atoms with Crippen molar-refractivity contribution < 1.29 is 4.79 Å². The quantitative estimate of drug-likeness (QED) is 0.752. The third kappa shape index (κ3) is 2.69. The molecule has 16 heavy (non-hydrogen) atoms. The van der Waals surface area contributed by atoms with Gasteiger partial charge in [0, 0.05) is 18.8 Å². The molecule has 0 spiro atoms. The molecule has 1 rings (SSSR count). The van der Waals surface area contributed by atoms with Crippen LogP contribution in [0.15, 0.2) is 0 Å². The highest BCUT2D eigenvalue weighted by atomic mass is 32.2. The number of nitrogens with one attached hydrogen (secondary N) is 1. The average Bonchev–Trinajstić information content (AvgIpc) is 2.55. The molecule has 0 radical (unpaired) electrons. The molecule has 3 N–H and O–H groups in total. The first-order chi connectivity index (χ1) is 7.61. The maximum atomic E-state index is 11.9. The van der Waals surface area contributed by atoms with E-state index in [0.29, 0.717) is 30.2 Å². The standard InChI is InChI=1S/C10H18N4OS/c1-4-14-9(8(11)7(2)13-14)10(15)12-5-6-16-3/h4-6,11H2,1-3H3,(H,12,15). The number of rotatable bonds is 5. The monoisotopic (exact) mass is 242 g/mol. The van der Waals surface area contributed by atoms with E-state index in [2.05, 4.69) is 10.4 Å². The highest BCUT2D eigenvalue weighted by Gasteiger charge is 2.18. The molecule has 0 aliphatic rings. The van der Waals surface area contributed by atoms with Gasteiger partial charge in [-0.25, -0.2) is 0 Å². The largest absolute Gasteiger partial charge is 0.395 e. The van der Waals surface area contributed by atoms with Gasteiger partial charge in [0.25, 0.3) is 5.91 Å². The van der Waals surface area contributed by atoms with Gasteiger partial charge in [-0.2, -0.15) is 16.9 Å². The molecule has 1 aromatic rings. The van der Waals surface area contributed by atoms with Gasteiger partial charge in [0.15, 0.2) is 0 Å². The van der Waals surface area contributed by atoms with Gasteiger partial charge in [0.05, 0.1) is 11.4 Å². The van der Waals surface area contributed by atoms with Crippen molar-refractivity contribution >= 4 is 23.4 Å².